The van der Waals surface area contributed by atoms with Crippen molar-refractivity contribution in [3.8, 4) is 22.6 Å². The fourth-order valence-corrected chi connectivity index (χ4v) is 4.94. The second-order valence-electron chi connectivity index (χ2n) is 8.78. The molecular weight excluding hydrogens is 533 g/mol. The van der Waals surface area contributed by atoms with Crippen molar-refractivity contribution in [1.29, 1.82) is 0 Å². The van der Waals surface area contributed by atoms with Gasteiger partial charge in [0.15, 0.2) is 0 Å². The third-order valence-electron chi connectivity index (χ3n) is 6.06. The molecule has 5 rings (SSSR count). The predicted octanol–water partition coefficient (Wildman–Crippen LogP) is 6.08. The first-order valence-corrected chi connectivity index (χ1v) is 12.5. The van der Waals surface area contributed by atoms with Crippen LogP contribution in [-0.4, -0.2) is 34.0 Å². The third-order valence-corrected chi connectivity index (χ3v) is 6.61. The van der Waals surface area contributed by atoms with Crippen LogP contribution < -0.4 is 9.57 Å². The Balaban J connectivity index is 1.40. The van der Waals surface area contributed by atoms with Gasteiger partial charge in [0.25, 0.3) is 5.09 Å². The molecule has 1 aliphatic heterocycles. The number of hydrogen-bond donors (Lipinski definition) is 0. The van der Waals surface area contributed by atoms with Crippen LogP contribution in [0.2, 0.25) is 10.0 Å². The summed E-state index contributed by atoms with van der Waals surface area (Å²) >= 11 is 12.7. The number of ether oxygens (including phenoxy) is 3. The first-order chi connectivity index (χ1) is 18.3. The molecule has 2 heterocycles. The smallest absolute Gasteiger partial charge is 0.299 e. The quantitative estimate of drug-likeness (QED) is 0.182. The van der Waals surface area contributed by atoms with Gasteiger partial charge in [-0.15, -0.1) is 10.1 Å². The van der Waals surface area contributed by atoms with Gasteiger partial charge in [0.1, 0.15) is 24.2 Å². The molecule has 1 aromatic heterocycles. The zero-order valence-corrected chi connectivity index (χ0v) is 21.8. The zero-order chi connectivity index (χ0) is 26.7. The van der Waals surface area contributed by atoms with Gasteiger partial charge in [-0.3, -0.25) is 4.84 Å². The Kier molecular flexibility index (Phi) is 7.53. The number of nitrogens with zero attached hydrogens (tertiary/aromatic N) is 3. The van der Waals surface area contributed by atoms with E-state index in [4.69, 9.17) is 42.3 Å². The monoisotopic (exact) mass is 555 g/mol. The molecule has 0 radical (unpaired) electrons. The molecule has 2 atom stereocenters. The molecule has 3 aromatic carbocycles. The van der Waals surface area contributed by atoms with E-state index < -0.39 is 17.0 Å². The van der Waals surface area contributed by atoms with E-state index >= 15 is 0 Å². The molecule has 0 aliphatic carbocycles. The minimum atomic E-state index is -1.18. The third kappa shape index (κ3) is 5.61. The Morgan fingerprint density at radius 2 is 1.97 bits per heavy atom. The van der Waals surface area contributed by atoms with Gasteiger partial charge in [0.05, 0.1) is 24.5 Å². The van der Waals surface area contributed by atoms with Crippen LogP contribution in [0.4, 0.5) is 0 Å². The highest BCUT2D eigenvalue weighted by Gasteiger charge is 2.45. The van der Waals surface area contributed by atoms with Gasteiger partial charge in [-0.25, -0.2) is 4.98 Å². The van der Waals surface area contributed by atoms with Crippen molar-refractivity contribution < 1.29 is 24.1 Å². The van der Waals surface area contributed by atoms with E-state index in [0.717, 1.165) is 5.56 Å². The lowest BCUT2D eigenvalue weighted by molar-refractivity contribution is -0.710. The average Bonchev–Trinajstić information content (AvgIpc) is 3.54. The number of aryl methyl sites for hydroxylation is 1. The summed E-state index contributed by atoms with van der Waals surface area (Å²) < 4.78 is 20.8. The summed E-state index contributed by atoms with van der Waals surface area (Å²) in [4.78, 5) is 20.0. The van der Waals surface area contributed by atoms with Crippen molar-refractivity contribution in [3.63, 3.8) is 0 Å². The Bertz CT molecular complexity index is 1450. The Morgan fingerprint density at radius 1 is 1.13 bits per heavy atom. The highest BCUT2D eigenvalue weighted by molar-refractivity contribution is 6.35. The second kappa shape index (κ2) is 11.0. The van der Waals surface area contributed by atoms with E-state index in [1.807, 2.05) is 35.9 Å². The number of halogens is 2. The predicted molar refractivity (Wildman–Crippen MR) is 141 cm³/mol. The minimum Gasteiger partial charge on any atom is -0.490 e. The summed E-state index contributed by atoms with van der Waals surface area (Å²) in [6.45, 7) is 2.64. The summed E-state index contributed by atoms with van der Waals surface area (Å²) in [7, 11) is 0. The second-order valence-corrected chi connectivity index (χ2v) is 9.63. The normalized spacial score (nSPS) is 18.9. The van der Waals surface area contributed by atoms with E-state index in [1.54, 1.807) is 55.0 Å². The Labute approximate surface area is 228 Å². The molecule has 4 aromatic rings. The molecule has 11 heteroatoms. The number of hydrogen-bond acceptors (Lipinski definition) is 7. The lowest BCUT2D eigenvalue weighted by atomic mass is 10.0. The van der Waals surface area contributed by atoms with E-state index in [9.17, 15) is 10.1 Å². The van der Waals surface area contributed by atoms with Crippen LogP contribution in [0.1, 0.15) is 11.1 Å². The lowest BCUT2D eigenvalue weighted by Crippen LogP contribution is -2.34. The molecular formula is C27H23Cl2N3O6. The first-order valence-electron chi connectivity index (χ1n) is 11.7. The standard InChI is InChI=1S/C27H23Cl2N3O6/c1-18-6-9-25(22(12-18)21-4-2-3-5-26(21)38-32(33)34)35-14-20-15-36-27(37-20,16-31-11-10-30-17-31)23-8-7-19(28)13-24(23)29/h2-13,17,20H,14-16H2,1H3. The van der Waals surface area contributed by atoms with E-state index in [1.165, 1.54) is 0 Å². The molecule has 0 spiro atoms. The number of imidazole rings is 1. The molecule has 0 amide bonds. The zero-order valence-electron chi connectivity index (χ0n) is 20.3. The van der Waals surface area contributed by atoms with E-state index in [-0.39, 0.29) is 19.0 Å². The molecule has 0 saturated carbocycles. The lowest BCUT2D eigenvalue weighted by Gasteiger charge is -2.30. The summed E-state index contributed by atoms with van der Waals surface area (Å²) in [6.07, 6.45) is 4.72. The van der Waals surface area contributed by atoms with Crippen molar-refractivity contribution >= 4 is 23.2 Å². The van der Waals surface area contributed by atoms with Gasteiger partial charge in [0.2, 0.25) is 5.79 Å². The molecule has 2 unspecified atom stereocenters. The minimum absolute atomic E-state index is 0.116. The molecule has 0 bridgehead atoms. The molecule has 0 N–H and O–H groups in total. The Morgan fingerprint density at radius 3 is 2.74 bits per heavy atom. The van der Waals surface area contributed by atoms with E-state index in [2.05, 4.69) is 4.98 Å². The maximum absolute atomic E-state index is 11.0. The first kappa shape index (κ1) is 26.0. The number of benzene rings is 3. The summed E-state index contributed by atoms with van der Waals surface area (Å²) in [5, 5.41) is 11.1. The van der Waals surface area contributed by atoms with Crippen LogP contribution in [0, 0.1) is 17.0 Å². The van der Waals surface area contributed by atoms with Gasteiger partial charge >= 0.3 is 0 Å². The van der Waals surface area contributed by atoms with Crippen LogP contribution in [0.25, 0.3) is 11.1 Å². The van der Waals surface area contributed by atoms with Crippen molar-refractivity contribution in [2.75, 3.05) is 13.2 Å². The summed E-state index contributed by atoms with van der Waals surface area (Å²) in [5.74, 6) is -0.543. The van der Waals surface area contributed by atoms with Crippen LogP contribution >= 0.6 is 23.2 Å². The average molecular weight is 556 g/mol. The Hall–Kier alpha value is -3.63. The van der Waals surface area contributed by atoms with Crippen LogP contribution in [-0.2, 0) is 21.8 Å². The van der Waals surface area contributed by atoms with Crippen LogP contribution in [0.3, 0.4) is 0 Å². The number of para-hydroxylation sites is 1. The molecule has 1 fully saturated rings. The van der Waals surface area contributed by atoms with Gasteiger partial charge in [-0.2, -0.15) is 0 Å². The fraction of sp³-hybridized carbons (Fsp3) is 0.222. The molecule has 1 aliphatic rings. The van der Waals surface area contributed by atoms with Crippen molar-refractivity contribution in [2.24, 2.45) is 0 Å². The summed E-state index contributed by atoms with van der Waals surface area (Å²) in [5.41, 5.74) is 2.79. The number of rotatable bonds is 9. The van der Waals surface area contributed by atoms with Crippen molar-refractivity contribution in [3.05, 3.63) is 111 Å². The molecule has 38 heavy (non-hydrogen) atoms. The summed E-state index contributed by atoms with van der Waals surface area (Å²) in [6, 6.07) is 17.5. The van der Waals surface area contributed by atoms with Crippen LogP contribution in [0.15, 0.2) is 79.4 Å². The molecule has 1 saturated heterocycles. The van der Waals surface area contributed by atoms with Gasteiger partial charge in [0, 0.05) is 34.1 Å². The SMILES string of the molecule is Cc1ccc(OCC2COC(Cn3ccnc3)(c3ccc(Cl)cc3Cl)O2)c(-c2ccccc2O[N+](=O)[O-])c1. The van der Waals surface area contributed by atoms with Crippen LogP contribution in [0.5, 0.6) is 11.5 Å². The van der Waals surface area contributed by atoms with Gasteiger partial charge in [-0.1, -0.05) is 59.1 Å². The van der Waals surface area contributed by atoms with Crippen molar-refractivity contribution in [2.45, 2.75) is 25.4 Å². The largest absolute Gasteiger partial charge is 0.490 e. The highest BCUT2D eigenvalue weighted by Crippen LogP contribution is 2.41. The fourth-order valence-electron chi connectivity index (χ4n) is 4.39. The maximum atomic E-state index is 11.0. The van der Waals surface area contributed by atoms with Gasteiger partial charge < -0.3 is 18.8 Å². The highest BCUT2D eigenvalue weighted by atomic mass is 35.5. The molecule has 196 valence electrons. The maximum Gasteiger partial charge on any atom is 0.299 e. The van der Waals surface area contributed by atoms with Crippen molar-refractivity contribution in [1.82, 2.24) is 9.55 Å². The topological polar surface area (TPSA) is 97.9 Å². The van der Waals surface area contributed by atoms with Gasteiger partial charge in [-0.05, 0) is 37.3 Å². The van der Waals surface area contributed by atoms with E-state index in [0.29, 0.717) is 39.0 Å². The number of aromatic nitrogens is 2. The molecule has 9 nitrogen and oxygen atoms in total.